The predicted molar refractivity (Wildman–Crippen MR) is 89.0 cm³/mol. The lowest BCUT2D eigenvalue weighted by Crippen LogP contribution is -2.57. The Morgan fingerprint density at radius 2 is 1.57 bits per heavy atom. The minimum atomic E-state index is 0.155. The van der Waals surface area contributed by atoms with Crippen LogP contribution in [0.25, 0.3) is 0 Å². The maximum absolute atomic E-state index is 12.1. The number of nitrogens with one attached hydrogen (secondary N) is 2. The fraction of sp³-hybridized carbons (Fsp3) is 0.882. The quantitative estimate of drug-likeness (QED) is 0.676. The summed E-state index contributed by atoms with van der Waals surface area (Å²) >= 11 is 0. The van der Waals surface area contributed by atoms with Crippen molar-refractivity contribution in [2.24, 2.45) is 0 Å². The van der Waals surface area contributed by atoms with E-state index in [0.717, 1.165) is 58.2 Å². The van der Waals surface area contributed by atoms with Gasteiger partial charge < -0.3 is 10.6 Å². The van der Waals surface area contributed by atoms with Gasteiger partial charge in [-0.3, -0.25) is 19.4 Å². The maximum Gasteiger partial charge on any atom is 0.234 e. The molecule has 2 amide bonds. The second-order valence-electron chi connectivity index (χ2n) is 7.33. The van der Waals surface area contributed by atoms with Crippen molar-refractivity contribution < 1.29 is 9.59 Å². The molecule has 0 unspecified atom stereocenters. The summed E-state index contributed by atoms with van der Waals surface area (Å²) in [5, 5.41) is 6.14. The van der Waals surface area contributed by atoms with Crippen LogP contribution in [0.3, 0.4) is 0 Å². The minimum Gasteiger partial charge on any atom is -0.352 e. The van der Waals surface area contributed by atoms with Crippen LogP contribution in [0.2, 0.25) is 0 Å². The summed E-state index contributed by atoms with van der Waals surface area (Å²) in [5.41, 5.74) is 0. The molecular weight excluding hydrogens is 292 g/mol. The van der Waals surface area contributed by atoms with E-state index < -0.39 is 0 Å². The molecule has 1 aliphatic heterocycles. The molecule has 2 aliphatic carbocycles. The van der Waals surface area contributed by atoms with Crippen molar-refractivity contribution in [2.75, 3.05) is 32.7 Å². The molecule has 1 atom stereocenters. The summed E-state index contributed by atoms with van der Waals surface area (Å²) in [6.07, 6.45) is 6.72. The summed E-state index contributed by atoms with van der Waals surface area (Å²) in [5.74, 6) is 0.316. The first-order chi connectivity index (χ1) is 11.1. The van der Waals surface area contributed by atoms with Crippen LogP contribution in [0, 0.1) is 0 Å². The molecule has 2 N–H and O–H groups in total. The van der Waals surface area contributed by atoms with Crippen LogP contribution in [0.15, 0.2) is 0 Å². The van der Waals surface area contributed by atoms with Gasteiger partial charge in [-0.15, -0.1) is 0 Å². The third kappa shape index (κ3) is 5.46. The highest BCUT2D eigenvalue weighted by atomic mass is 16.2. The van der Waals surface area contributed by atoms with Crippen LogP contribution in [0.1, 0.15) is 45.4 Å². The lowest BCUT2D eigenvalue weighted by molar-refractivity contribution is -0.126. The molecule has 3 rings (SSSR count). The first-order valence-corrected chi connectivity index (χ1v) is 9.19. The molecule has 0 spiro atoms. The van der Waals surface area contributed by atoms with Crippen LogP contribution in [-0.2, 0) is 9.59 Å². The Labute approximate surface area is 139 Å². The molecule has 0 aromatic heterocycles. The Morgan fingerprint density at radius 3 is 2.13 bits per heavy atom. The number of nitrogens with zero attached hydrogens (tertiary/aromatic N) is 2. The van der Waals surface area contributed by atoms with Crippen molar-refractivity contribution in [3.05, 3.63) is 0 Å². The van der Waals surface area contributed by atoms with Gasteiger partial charge in [-0.05, 0) is 32.1 Å². The van der Waals surface area contributed by atoms with Crippen LogP contribution in [0.4, 0.5) is 0 Å². The fourth-order valence-corrected chi connectivity index (χ4v) is 3.31. The SMILES string of the molecule is CCC[C@@H]1CN(CC(=O)NC2CC2)CCN1CC(=O)NC1CC1. The Kier molecular flexibility index (Phi) is 5.54. The Bertz CT molecular complexity index is 434. The van der Waals surface area contributed by atoms with Gasteiger partial charge >= 0.3 is 0 Å². The van der Waals surface area contributed by atoms with E-state index in [0.29, 0.717) is 31.2 Å². The number of hydrogen-bond acceptors (Lipinski definition) is 4. The molecule has 6 nitrogen and oxygen atoms in total. The van der Waals surface area contributed by atoms with Crippen LogP contribution < -0.4 is 10.6 Å². The molecule has 0 aromatic carbocycles. The summed E-state index contributed by atoms with van der Waals surface area (Å²) < 4.78 is 0. The average Bonchev–Trinajstić information content (AvgIpc) is 3.39. The third-order valence-electron chi connectivity index (χ3n) is 4.91. The molecule has 23 heavy (non-hydrogen) atoms. The second kappa shape index (κ2) is 7.62. The first-order valence-electron chi connectivity index (χ1n) is 9.19. The molecule has 3 aliphatic rings. The van der Waals surface area contributed by atoms with Gasteiger partial charge in [0.1, 0.15) is 0 Å². The maximum atomic E-state index is 12.1. The monoisotopic (exact) mass is 322 g/mol. The Balaban J connectivity index is 1.45. The van der Waals surface area contributed by atoms with Crippen molar-refractivity contribution in [1.82, 2.24) is 20.4 Å². The van der Waals surface area contributed by atoms with E-state index in [4.69, 9.17) is 0 Å². The average molecular weight is 322 g/mol. The molecule has 130 valence electrons. The van der Waals surface area contributed by atoms with E-state index in [9.17, 15) is 9.59 Å². The number of carbonyl (C=O) groups is 2. The van der Waals surface area contributed by atoms with Gasteiger partial charge in [0.15, 0.2) is 0 Å². The van der Waals surface area contributed by atoms with E-state index in [-0.39, 0.29) is 11.8 Å². The summed E-state index contributed by atoms with van der Waals surface area (Å²) in [6, 6.07) is 1.24. The van der Waals surface area contributed by atoms with E-state index in [1.165, 1.54) is 0 Å². The molecule has 0 aromatic rings. The van der Waals surface area contributed by atoms with E-state index in [2.05, 4.69) is 27.4 Å². The molecule has 6 heteroatoms. The number of amides is 2. The smallest absolute Gasteiger partial charge is 0.234 e. The van der Waals surface area contributed by atoms with Crippen LogP contribution >= 0.6 is 0 Å². The third-order valence-corrected chi connectivity index (χ3v) is 4.91. The van der Waals surface area contributed by atoms with Gasteiger partial charge in [-0.2, -0.15) is 0 Å². The molecule has 1 saturated heterocycles. The summed E-state index contributed by atoms with van der Waals surface area (Å²) in [7, 11) is 0. The first kappa shape index (κ1) is 16.7. The molecule has 3 fully saturated rings. The molecular formula is C17H30N4O2. The van der Waals surface area contributed by atoms with Crippen LogP contribution in [0.5, 0.6) is 0 Å². The number of hydrogen-bond donors (Lipinski definition) is 2. The van der Waals surface area contributed by atoms with E-state index >= 15 is 0 Å². The zero-order valence-corrected chi connectivity index (χ0v) is 14.2. The topological polar surface area (TPSA) is 64.7 Å². The van der Waals surface area contributed by atoms with Gasteiger partial charge in [-0.1, -0.05) is 13.3 Å². The van der Waals surface area contributed by atoms with Crippen molar-refractivity contribution in [1.29, 1.82) is 0 Å². The minimum absolute atomic E-state index is 0.155. The normalized spacial score (nSPS) is 26.0. The fourth-order valence-electron chi connectivity index (χ4n) is 3.31. The Hall–Kier alpha value is -1.14. The molecule has 1 heterocycles. The predicted octanol–water partition coefficient (Wildman–Crippen LogP) is 0.330. The largest absolute Gasteiger partial charge is 0.352 e. The highest BCUT2D eigenvalue weighted by Gasteiger charge is 2.31. The van der Waals surface area contributed by atoms with Gasteiger partial charge in [-0.25, -0.2) is 0 Å². The lowest BCUT2D eigenvalue weighted by atomic mass is 10.1. The molecule has 0 radical (unpaired) electrons. The van der Waals surface area contributed by atoms with Gasteiger partial charge in [0, 0.05) is 37.8 Å². The summed E-state index contributed by atoms with van der Waals surface area (Å²) in [4.78, 5) is 28.6. The van der Waals surface area contributed by atoms with E-state index in [1.54, 1.807) is 0 Å². The Morgan fingerprint density at radius 1 is 0.957 bits per heavy atom. The van der Waals surface area contributed by atoms with Gasteiger partial charge in [0.05, 0.1) is 13.1 Å². The van der Waals surface area contributed by atoms with Crippen molar-refractivity contribution in [2.45, 2.75) is 63.6 Å². The number of piperazine rings is 1. The van der Waals surface area contributed by atoms with E-state index in [1.807, 2.05) is 0 Å². The number of carbonyl (C=O) groups excluding carboxylic acids is 2. The van der Waals surface area contributed by atoms with Crippen molar-refractivity contribution in [3.63, 3.8) is 0 Å². The zero-order chi connectivity index (χ0) is 16.2. The van der Waals surface area contributed by atoms with Gasteiger partial charge in [0.25, 0.3) is 0 Å². The highest BCUT2D eigenvalue weighted by Crippen LogP contribution is 2.20. The summed E-state index contributed by atoms with van der Waals surface area (Å²) in [6.45, 7) is 5.82. The molecule has 0 bridgehead atoms. The van der Waals surface area contributed by atoms with Crippen LogP contribution in [-0.4, -0.2) is 72.5 Å². The number of rotatable bonds is 8. The van der Waals surface area contributed by atoms with Gasteiger partial charge in [0.2, 0.25) is 11.8 Å². The standard InChI is InChI=1S/C17H30N4O2/c1-2-3-15-10-20(11-16(22)18-13-4-5-13)8-9-21(15)12-17(23)19-14-6-7-14/h13-15H,2-12H2,1H3,(H,18,22)(H,19,23)/t15-/m1/s1. The second-order valence-corrected chi connectivity index (χ2v) is 7.33. The zero-order valence-electron chi connectivity index (χ0n) is 14.2. The highest BCUT2D eigenvalue weighted by molar-refractivity contribution is 5.79. The molecule has 2 saturated carbocycles. The lowest BCUT2D eigenvalue weighted by Gasteiger charge is -2.41. The van der Waals surface area contributed by atoms with Crippen molar-refractivity contribution >= 4 is 11.8 Å². The van der Waals surface area contributed by atoms with Crippen molar-refractivity contribution in [3.8, 4) is 0 Å².